The number of rotatable bonds is 3. The molecule has 1 aliphatic rings. The molecular formula is C13H23N5O2. The molecule has 20 heavy (non-hydrogen) atoms. The van der Waals surface area contributed by atoms with Gasteiger partial charge < -0.3 is 15.0 Å². The predicted octanol–water partition coefficient (Wildman–Crippen LogP) is 0.163. The van der Waals surface area contributed by atoms with Gasteiger partial charge in [-0.05, 0) is 7.05 Å². The Morgan fingerprint density at radius 3 is 2.90 bits per heavy atom. The van der Waals surface area contributed by atoms with E-state index in [9.17, 15) is 4.79 Å². The molecule has 0 saturated carbocycles. The van der Waals surface area contributed by atoms with E-state index in [1.807, 2.05) is 27.8 Å². The third kappa shape index (κ3) is 3.77. The summed E-state index contributed by atoms with van der Waals surface area (Å²) in [6.45, 7) is 8.97. The minimum Gasteiger partial charge on any atom is -0.374 e. The van der Waals surface area contributed by atoms with Gasteiger partial charge in [-0.25, -0.2) is 4.98 Å². The van der Waals surface area contributed by atoms with Crippen molar-refractivity contribution >= 4 is 5.91 Å². The summed E-state index contributed by atoms with van der Waals surface area (Å²) in [5.74, 6) is 0.615. The summed E-state index contributed by atoms with van der Waals surface area (Å²) in [7, 11) is 2.04. The van der Waals surface area contributed by atoms with E-state index < -0.39 is 0 Å². The number of aromatic nitrogens is 3. The Bertz CT molecular complexity index is 466. The Hall–Kier alpha value is -1.47. The maximum absolute atomic E-state index is 12.0. The molecule has 0 spiro atoms. The van der Waals surface area contributed by atoms with Crippen LogP contribution in [0.2, 0.25) is 0 Å². The lowest BCUT2D eigenvalue weighted by Crippen LogP contribution is -2.46. The van der Waals surface area contributed by atoms with Gasteiger partial charge in [0.25, 0.3) is 5.91 Å². The number of hydrogen-bond donors (Lipinski definition) is 2. The molecule has 0 aliphatic carbocycles. The Labute approximate surface area is 119 Å². The Balaban J connectivity index is 1.87. The van der Waals surface area contributed by atoms with Crippen molar-refractivity contribution < 1.29 is 9.53 Å². The minimum atomic E-state index is -0.270. The van der Waals surface area contributed by atoms with Crippen LogP contribution in [-0.4, -0.2) is 65.4 Å². The zero-order valence-corrected chi connectivity index (χ0v) is 12.6. The highest BCUT2D eigenvalue weighted by atomic mass is 16.5. The topological polar surface area (TPSA) is 83.1 Å². The Morgan fingerprint density at radius 2 is 2.30 bits per heavy atom. The number of carbonyl (C=O) groups excluding carboxylic acids is 1. The zero-order valence-electron chi connectivity index (χ0n) is 12.6. The van der Waals surface area contributed by atoms with Crippen LogP contribution in [0.3, 0.4) is 0 Å². The highest BCUT2D eigenvalue weighted by Crippen LogP contribution is 2.17. The van der Waals surface area contributed by atoms with E-state index in [1.165, 1.54) is 0 Å². The first-order valence-electron chi connectivity index (χ1n) is 6.87. The summed E-state index contributed by atoms with van der Waals surface area (Å²) in [5, 5.41) is 9.59. The van der Waals surface area contributed by atoms with E-state index in [0.29, 0.717) is 19.0 Å². The number of aromatic amines is 1. The van der Waals surface area contributed by atoms with E-state index in [4.69, 9.17) is 4.74 Å². The average Bonchev–Trinajstić information content (AvgIpc) is 2.85. The van der Waals surface area contributed by atoms with Crippen molar-refractivity contribution in [2.75, 3.05) is 33.3 Å². The monoisotopic (exact) mass is 281 g/mol. The Kier molecular flexibility index (Phi) is 4.39. The van der Waals surface area contributed by atoms with Gasteiger partial charge in [-0.15, -0.1) is 5.10 Å². The maximum Gasteiger partial charge on any atom is 0.291 e. The summed E-state index contributed by atoms with van der Waals surface area (Å²) in [4.78, 5) is 18.4. The molecule has 7 nitrogen and oxygen atoms in total. The minimum absolute atomic E-state index is 0.0266. The van der Waals surface area contributed by atoms with Gasteiger partial charge in [-0.2, -0.15) is 0 Å². The molecule has 0 bridgehead atoms. The van der Waals surface area contributed by atoms with Crippen LogP contribution < -0.4 is 5.32 Å². The average molecular weight is 281 g/mol. The third-order valence-electron chi connectivity index (χ3n) is 3.23. The molecule has 1 fully saturated rings. The standard InChI is InChI=1S/C13H23N5O2/c1-13(2,3)12-15-10(16-17-12)11(19)14-7-9-8-18(4)5-6-20-9/h9H,5-8H2,1-4H3,(H,14,19)(H,15,16,17). The molecular weight excluding hydrogens is 258 g/mol. The van der Waals surface area contributed by atoms with Crippen LogP contribution >= 0.6 is 0 Å². The molecule has 2 heterocycles. The van der Waals surface area contributed by atoms with Crippen molar-refractivity contribution in [3.8, 4) is 0 Å². The van der Waals surface area contributed by atoms with Crippen LogP contribution in [0.4, 0.5) is 0 Å². The van der Waals surface area contributed by atoms with Gasteiger partial charge in [-0.3, -0.25) is 9.89 Å². The molecule has 1 aliphatic heterocycles. The first kappa shape index (κ1) is 14.9. The van der Waals surface area contributed by atoms with Crippen molar-refractivity contribution in [1.29, 1.82) is 0 Å². The molecule has 1 amide bonds. The van der Waals surface area contributed by atoms with Gasteiger partial charge in [0.15, 0.2) is 0 Å². The van der Waals surface area contributed by atoms with E-state index in [0.717, 1.165) is 13.1 Å². The van der Waals surface area contributed by atoms with Crippen LogP contribution in [-0.2, 0) is 10.2 Å². The van der Waals surface area contributed by atoms with Gasteiger partial charge in [0.1, 0.15) is 5.82 Å². The summed E-state index contributed by atoms with van der Waals surface area (Å²) < 4.78 is 5.59. The van der Waals surface area contributed by atoms with Crippen LogP contribution in [0.15, 0.2) is 0 Å². The number of nitrogens with zero attached hydrogens (tertiary/aromatic N) is 3. The van der Waals surface area contributed by atoms with Crippen LogP contribution in [0.1, 0.15) is 37.2 Å². The molecule has 112 valence electrons. The summed E-state index contributed by atoms with van der Waals surface area (Å²) in [6.07, 6.45) is 0.0266. The van der Waals surface area contributed by atoms with Gasteiger partial charge in [0, 0.05) is 25.0 Å². The number of ether oxygens (including phenoxy) is 1. The van der Waals surface area contributed by atoms with E-state index in [1.54, 1.807) is 0 Å². The van der Waals surface area contributed by atoms with Crippen LogP contribution in [0.5, 0.6) is 0 Å². The quantitative estimate of drug-likeness (QED) is 0.825. The Morgan fingerprint density at radius 1 is 1.55 bits per heavy atom. The van der Waals surface area contributed by atoms with E-state index in [2.05, 4.69) is 25.4 Å². The molecule has 1 aromatic heterocycles. The SMILES string of the molecule is CN1CCOC(CNC(=O)c2n[nH]c(C(C)(C)C)n2)C1. The lowest BCUT2D eigenvalue weighted by Gasteiger charge is -2.29. The normalized spacial score (nSPS) is 20.9. The molecule has 1 saturated heterocycles. The van der Waals surface area contributed by atoms with Gasteiger partial charge >= 0.3 is 0 Å². The van der Waals surface area contributed by atoms with Gasteiger partial charge in [-0.1, -0.05) is 20.8 Å². The molecule has 0 radical (unpaired) electrons. The number of hydrogen-bond acceptors (Lipinski definition) is 5. The first-order valence-corrected chi connectivity index (χ1v) is 6.87. The lowest BCUT2D eigenvalue weighted by molar-refractivity contribution is -0.0175. The van der Waals surface area contributed by atoms with E-state index in [-0.39, 0.29) is 23.3 Å². The number of morpholine rings is 1. The number of nitrogens with one attached hydrogen (secondary N) is 2. The van der Waals surface area contributed by atoms with Crippen molar-refractivity contribution in [2.45, 2.75) is 32.3 Å². The summed E-state index contributed by atoms with van der Waals surface area (Å²) >= 11 is 0. The van der Waals surface area contributed by atoms with Gasteiger partial charge in [0.2, 0.25) is 5.82 Å². The number of carbonyl (C=O) groups is 1. The van der Waals surface area contributed by atoms with Crippen LogP contribution in [0.25, 0.3) is 0 Å². The fourth-order valence-corrected chi connectivity index (χ4v) is 1.97. The highest BCUT2D eigenvalue weighted by Gasteiger charge is 2.23. The van der Waals surface area contributed by atoms with Crippen molar-refractivity contribution in [3.63, 3.8) is 0 Å². The molecule has 0 aromatic carbocycles. The van der Waals surface area contributed by atoms with Crippen molar-refractivity contribution in [2.24, 2.45) is 0 Å². The number of amides is 1. The summed E-state index contributed by atoms with van der Waals surface area (Å²) in [6, 6.07) is 0. The largest absolute Gasteiger partial charge is 0.374 e. The maximum atomic E-state index is 12.0. The summed E-state index contributed by atoms with van der Waals surface area (Å²) in [5.41, 5.74) is -0.152. The molecule has 2 rings (SSSR count). The molecule has 1 aromatic rings. The molecule has 7 heteroatoms. The fraction of sp³-hybridized carbons (Fsp3) is 0.769. The predicted molar refractivity (Wildman–Crippen MR) is 74.7 cm³/mol. The van der Waals surface area contributed by atoms with E-state index >= 15 is 0 Å². The fourth-order valence-electron chi connectivity index (χ4n) is 1.97. The first-order chi connectivity index (χ1) is 9.36. The zero-order chi connectivity index (χ0) is 14.8. The molecule has 1 unspecified atom stereocenters. The second-order valence-corrected chi connectivity index (χ2v) is 6.22. The second kappa shape index (κ2) is 5.88. The molecule has 2 N–H and O–H groups in total. The smallest absolute Gasteiger partial charge is 0.291 e. The number of likely N-dealkylation sites (N-methyl/N-ethyl adjacent to an activating group) is 1. The van der Waals surface area contributed by atoms with Crippen molar-refractivity contribution in [1.82, 2.24) is 25.4 Å². The lowest BCUT2D eigenvalue weighted by atomic mass is 9.96. The van der Waals surface area contributed by atoms with Crippen LogP contribution in [0, 0.1) is 0 Å². The molecule has 1 atom stereocenters. The van der Waals surface area contributed by atoms with Gasteiger partial charge in [0.05, 0.1) is 12.7 Å². The second-order valence-electron chi connectivity index (χ2n) is 6.22. The highest BCUT2D eigenvalue weighted by molar-refractivity contribution is 5.90. The third-order valence-corrected chi connectivity index (χ3v) is 3.23. The number of H-pyrrole nitrogens is 1. The van der Waals surface area contributed by atoms with Crippen molar-refractivity contribution in [3.05, 3.63) is 11.6 Å².